The van der Waals surface area contributed by atoms with E-state index in [1.165, 1.54) is 25.7 Å². The van der Waals surface area contributed by atoms with Crippen LogP contribution in [0.1, 0.15) is 45.1 Å². The van der Waals surface area contributed by atoms with Crippen molar-refractivity contribution in [3.05, 3.63) is 29.8 Å². The van der Waals surface area contributed by atoms with Crippen molar-refractivity contribution < 1.29 is 4.79 Å². The number of hydrogen-bond acceptors (Lipinski definition) is 2. The average Bonchev–Trinajstić information content (AvgIpc) is 2.48. The molecule has 21 heavy (non-hydrogen) atoms. The normalized spacial score (nSPS) is 21.8. The van der Waals surface area contributed by atoms with Crippen molar-refractivity contribution in [3.63, 3.8) is 0 Å². The minimum absolute atomic E-state index is 0.0922. The first-order chi connectivity index (χ1) is 10.2. The molecule has 2 N–H and O–H groups in total. The summed E-state index contributed by atoms with van der Waals surface area (Å²) < 4.78 is 0. The maximum atomic E-state index is 11.5. The summed E-state index contributed by atoms with van der Waals surface area (Å²) in [7, 11) is 0. The Morgan fingerprint density at radius 3 is 2.43 bits per heavy atom. The highest BCUT2D eigenvalue weighted by molar-refractivity contribution is 5.78. The van der Waals surface area contributed by atoms with Gasteiger partial charge in [-0.3, -0.25) is 4.79 Å². The zero-order valence-corrected chi connectivity index (χ0v) is 13.3. The van der Waals surface area contributed by atoms with Crippen molar-refractivity contribution in [2.45, 2.75) is 46.0 Å². The summed E-state index contributed by atoms with van der Waals surface area (Å²) in [4.78, 5) is 11.5. The fourth-order valence-corrected chi connectivity index (χ4v) is 2.98. The second-order valence-corrected chi connectivity index (χ2v) is 6.33. The van der Waals surface area contributed by atoms with Crippen LogP contribution in [0.5, 0.6) is 0 Å². The van der Waals surface area contributed by atoms with Crippen LogP contribution in [0.2, 0.25) is 0 Å². The molecule has 0 unspecified atom stereocenters. The Bertz CT molecular complexity index is 433. The summed E-state index contributed by atoms with van der Waals surface area (Å²) in [6.45, 7) is 6.06. The van der Waals surface area contributed by atoms with E-state index < -0.39 is 0 Å². The van der Waals surface area contributed by atoms with Gasteiger partial charge in [0.15, 0.2) is 0 Å². The molecule has 0 radical (unpaired) electrons. The molecule has 1 amide bonds. The molecule has 116 valence electrons. The Morgan fingerprint density at radius 2 is 1.81 bits per heavy atom. The quantitative estimate of drug-likeness (QED) is 0.839. The zero-order chi connectivity index (χ0) is 15.1. The van der Waals surface area contributed by atoms with E-state index >= 15 is 0 Å². The van der Waals surface area contributed by atoms with Crippen molar-refractivity contribution >= 4 is 11.6 Å². The minimum atomic E-state index is 0.0922. The van der Waals surface area contributed by atoms with Crippen LogP contribution < -0.4 is 10.6 Å². The van der Waals surface area contributed by atoms with E-state index in [-0.39, 0.29) is 5.91 Å². The third kappa shape index (κ3) is 5.41. The highest BCUT2D eigenvalue weighted by atomic mass is 16.1. The lowest BCUT2D eigenvalue weighted by Gasteiger charge is -2.26. The molecular formula is C18H28N2O. The number of amides is 1. The van der Waals surface area contributed by atoms with Gasteiger partial charge in [-0.15, -0.1) is 0 Å². The van der Waals surface area contributed by atoms with Gasteiger partial charge in [-0.05, 0) is 49.3 Å². The van der Waals surface area contributed by atoms with Gasteiger partial charge in [0.25, 0.3) is 0 Å². The largest absolute Gasteiger partial charge is 0.385 e. The van der Waals surface area contributed by atoms with Gasteiger partial charge >= 0.3 is 0 Å². The standard InChI is InChI=1S/C18H28N2O/c1-3-19-18(21)12-15-8-10-17(11-9-15)20-13-16-6-4-14(2)5-7-16/h8-11,14,16,20H,3-7,12-13H2,1-2H3,(H,19,21). The molecule has 0 aromatic heterocycles. The minimum Gasteiger partial charge on any atom is -0.385 e. The molecular weight excluding hydrogens is 260 g/mol. The first kappa shape index (κ1) is 15.9. The van der Waals surface area contributed by atoms with Crippen molar-refractivity contribution in [1.29, 1.82) is 0 Å². The number of benzene rings is 1. The molecule has 3 heteroatoms. The Labute approximate surface area is 128 Å². The van der Waals surface area contributed by atoms with Gasteiger partial charge in [0.05, 0.1) is 6.42 Å². The third-order valence-electron chi connectivity index (χ3n) is 4.42. The van der Waals surface area contributed by atoms with E-state index in [0.717, 1.165) is 29.6 Å². The number of hydrogen-bond donors (Lipinski definition) is 2. The van der Waals surface area contributed by atoms with Gasteiger partial charge in [-0.1, -0.05) is 31.9 Å². The second-order valence-electron chi connectivity index (χ2n) is 6.33. The van der Waals surface area contributed by atoms with Crippen molar-refractivity contribution in [3.8, 4) is 0 Å². The molecule has 0 atom stereocenters. The molecule has 0 saturated heterocycles. The highest BCUT2D eigenvalue weighted by Gasteiger charge is 2.17. The number of anilines is 1. The summed E-state index contributed by atoms with van der Waals surface area (Å²) in [5.74, 6) is 1.82. The van der Waals surface area contributed by atoms with E-state index in [2.05, 4.69) is 29.7 Å². The molecule has 2 rings (SSSR count). The van der Waals surface area contributed by atoms with Gasteiger partial charge in [0.2, 0.25) is 5.91 Å². The average molecular weight is 288 g/mol. The number of rotatable bonds is 6. The van der Waals surface area contributed by atoms with Crippen LogP contribution >= 0.6 is 0 Å². The van der Waals surface area contributed by atoms with Crippen molar-refractivity contribution in [1.82, 2.24) is 5.32 Å². The molecule has 0 spiro atoms. The first-order valence-electron chi connectivity index (χ1n) is 8.27. The van der Waals surface area contributed by atoms with Crippen LogP contribution in [0.15, 0.2) is 24.3 Å². The number of carbonyl (C=O) groups is 1. The predicted molar refractivity (Wildman–Crippen MR) is 88.4 cm³/mol. The summed E-state index contributed by atoms with van der Waals surface area (Å²) in [6, 6.07) is 8.25. The van der Waals surface area contributed by atoms with Gasteiger partial charge in [-0.2, -0.15) is 0 Å². The third-order valence-corrected chi connectivity index (χ3v) is 4.42. The highest BCUT2D eigenvalue weighted by Crippen LogP contribution is 2.28. The molecule has 1 aromatic rings. The number of likely N-dealkylation sites (N-methyl/N-ethyl adjacent to an activating group) is 1. The van der Waals surface area contributed by atoms with Crippen LogP contribution in [-0.2, 0) is 11.2 Å². The SMILES string of the molecule is CCNC(=O)Cc1ccc(NCC2CCC(C)CC2)cc1. The molecule has 0 aliphatic heterocycles. The van der Waals surface area contributed by atoms with E-state index in [9.17, 15) is 4.79 Å². The fraction of sp³-hybridized carbons (Fsp3) is 0.611. The lowest BCUT2D eigenvalue weighted by Crippen LogP contribution is -2.24. The Kier molecular flexibility index (Phi) is 6.09. The molecule has 0 heterocycles. The Morgan fingerprint density at radius 1 is 1.14 bits per heavy atom. The smallest absolute Gasteiger partial charge is 0.224 e. The number of nitrogens with one attached hydrogen (secondary N) is 2. The van der Waals surface area contributed by atoms with Gasteiger partial charge in [-0.25, -0.2) is 0 Å². The van der Waals surface area contributed by atoms with Gasteiger partial charge < -0.3 is 10.6 Å². The number of carbonyl (C=O) groups excluding carboxylic acids is 1. The van der Waals surface area contributed by atoms with Crippen LogP contribution in [0.4, 0.5) is 5.69 Å². The second kappa shape index (κ2) is 8.06. The lowest BCUT2D eigenvalue weighted by molar-refractivity contribution is -0.120. The molecule has 1 saturated carbocycles. The summed E-state index contributed by atoms with van der Waals surface area (Å²) >= 11 is 0. The van der Waals surface area contributed by atoms with E-state index in [0.29, 0.717) is 13.0 Å². The maximum Gasteiger partial charge on any atom is 0.224 e. The molecule has 1 fully saturated rings. The van der Waals surface area contributed by atoms with Crippen molar-refractivity contribution in [2.24, 2.45) is 11.8 Å². The van der Waals surface area contributed by atoms with Crippen LogP contribution in [-0.4, -0.2) is 19.0 Å². The lowest BCUT2D eigenvalue weighted by atomic mass is 9.83. The summed E-state index contributed by atoms with van der Waals surface area (Å²) in [6.07, 6.45) is 5.91. The predicted octanol–water partition coefficient (Wildman–Crippen LogP) is 3.60. The van der Waals surface area contributed by atoms with Crippen LogP contribution in [0, 0.1) is 11.8 Å². The fourth-order valence-electron chi connectivity index (χ4n) is 2.98. The van der Waals surface area contributed by atoms with E-state index in [1.54, 1.807) is 0 Å². The first-order valence-corrected chi connectivity index (χ1v) is 8.27. The van der Waals surface area contributed by atoms with Crippen molar-refractivity contribution in [2.75, 3.05) is 18.4 Å². The molecule has 1 aliphatic carbocycles. The Balaban J connectivity index is 1.75. The van der Waals surface area contributed by atoms with Gasteiger partial charge in [0, 0.05) is 18.8 Å². The Hall–Kier alpha value is -1.51. The monoisotopic (exact) mass is 288 g/mol. The van der Waals surface area contributed by atoms with Crippen LogP contribution in [0.25, 0.3) is 0 Å². The maximum absolute atomic E-state index is 11.5. The van der Waals surface area contributed by atoms with E-state index in [1.807, 2.05) is 19.1 Å². The summed E-state index contributed by atoms with van der Waals surface area (Å²) in [5, 5.41) is 6.36. The molecule has 0 bridgehead atoms. The molecule has 3 nitrogen and oxygen atoms in total. The molecule has 1 aromatic carbocycles. The topological polar surface area (TPSA) is 41.1 Å². The molecule has 1 aliphatic rings. The van der Waals surface area contributed by atoms with Gasteiger partial charge in [0.1, 0.15) is 0 Å². The van der Waals surface area contributed by atoms with Crippen LogP contribution in [0.3, 0.4) is 0 Å². The zero-order valence-electron chi connectivity index (χ0n) is 13.3. The summed E-state index contributed by atoms with van der Waals surface area (Å²) in [5.41, 5.74) is 2.23. The van der Waals surface area contributed by atoms with E-state index in [4.69, 9.17) is 0 Å².